The molecular formula is C13H9BrF4N2. The number of anilines is 3. The average molecular weight is 349 g/mol. The predicted octanol–water partition coefficient (Wildman–Crippen LogP) is 4.93. The molecule has 0 unspecified atom stereocenters. The van der Waals surface area contributed by atoms with Crippen molar-refractivity contribution in [1.29, 1.82) is 0 Å². The van der Waals surface area contributed by atoms with Gasteiger partial charge in [0.1, 0.15) is 5.82 Å². The number of nitrogens with two attached hydrogens (primary N) is 1. The molecule has 0 spiro atoms. The molecule has 20 heavy (non-hydrogen) atoms. The van der Waals surface area contributed by atoms with Crippen molar-refractivity contribution in [1.82, 2.24) is 0 Å². The summed E-state index contributed by atoms with van der Waals surface area (Å²) in [7, 11) is 0. The zero-order valence-electron chi connectivity index (χ0n) is 9.93. The summed E-state index contributed by atoms with van der Waals surface area (Å²) in [5.74, 6) is -0.569. The highest BCUT2D eigenvalue weighted by atomic mass is 79.9. The van der Waals surface area contributed by atoms with Gasteiger partial charge in [-0.25, -0.2) is 4.39 Å². The third kappa shape index (κ3) is 3.41. The molecule has 7 heteroatoms. The molecule has 0 atom stereocenters. The van der Waals surface area contributed by atoms with E-state index in [2.05, 4.69) is 21.2 Å². The number of halogens is 5. The van der Waals surface area contributed by atoms with E-state index in [9.17, 15) is 17.6 Å². The van der Waals surface area contributed by atoms with E-state index < -0.39 is 17.6 Å². The normalized spacial score (nSPS) is 11.4. The molecule has 0 heterocycles. The van der Waals surface area contributed by atoms with Crippen LogP contribution in [0.1, 0.15) is 5.56 Å². The van der Waals surface area contributed by atoms with Crippen LogP contribution in [0, 0.1) is 5.82 Å². The highest BCUT2D eigenvalue weighted by Gasteiger charge is 2.33. The van der Waals surface area contributed by atoms with E-state index in [0.29, 0.717) is 0 Å². The minimum atomic E-state index is -4.47. The quantitative estimate of drug-likeness (QED) is 0.596. The maximum Gasteiger partial charge on any atom is 0.417 e. The van der Waals surface area contributed by atoms with E-state index in [4.69, 9.17) is 5.73 Å². The van der Waals surface area contributed by atoms with E-state index >= 15 is 0 Å². The van der Waals surface area contributed by atoms with Crippen molar-refractivity contribution in [2.75, 3.05) is 11.1 Å². The molecule has 0 aliphatic rings. The van der Waals surface area contributed by atoms with Crippen LogP contribution in [-0.4, -0.2) is 0 Å². The van der Waals surface area contributed by atoms with Gasteiger partial charge in [-0.05, 0) is 36.4 Å². The van der Waals surface area contributed by atoms with Crippen molar-refractivity contribution in [3.63, 3.8) is 0 Å². The van der Waals surface area contributed by atoms with Crippen LogP contribution >= 0.6 is 15.9 Å². The molecule has 0 saturated heterocycles. The molecule has 106 valence electrons. The van der Waals surface area contributed by atoms with Gasteiger partial charge in [0.15, 0.2) is 0 Å². The molecule has 0 amide bonds. The van der Waals surface area contributed by atoms with Crippen molar-refractivity contribution < 1.29 is 17.6 Å². The first-order valence-electron chi connectivity index (χ1n) is 5.45. The summed E-state index contributed by atoms with van der Waals surface area (Å²) in [6.07, 6.45) is -4.47. The van der Waals surface area contributed by atoms with E-state index in [1.165, 1.54) is 18.2 Å². The van der Waals surface area contributed by atoms with Gasteiger partial charge >= 0.3 is 6.18 Å². The summed E-state index contributed by atoms with van der Waals surface area (Å²) in [4.78, 5) is 0. The summed E-state index contributed by atoms with van der Waals surface area (Å²) < 4.78 is 51.4. The Morgan fingerprint density at radius 3 is 2.30 bits per heavy atom. The van der Waals surface area contributed by atoms with Crippen LogP contribution in [0.15, 0.2) is 40.9 Å². The van der Waals surface area contributed by atoms with Gasteiger partial charge in [-0.2, -0.15) is 13.2 Å². The molecule has 2 nitrogen and oxygen atoms in total. The predicted molar refractivity (Wildman–Crippen MR) is 73.2 cm³/mol. The highest BCUT2D eigenvalue weighted by Crippen LogP contribution is 2.37. The second-order valence-corrected chi connectivity index (χ2v) is 4.94. The molecular weight excluding hydrogens is 340 g/mol. The Morgan fingerprint density at radius 2 is 1.70 bits per heavy atom. The molecule has 0 radical (unpaired) electrons. The lowest BCUT2D eigenvalue weighted by molar-refractivity contribution is -0.138. The number of hydrogen-bond donors (Lipinski definition) is 2. The number of benzene rings is 2. The standard InChI is InChI=1S/C13H9BrF4N2/c14-12-2-1-9(6-11(12)13(16,17)18)20-10-4-7(15)3-8(19)5-10/h1-6,20H,19H2. The van der Waals surface area contributed by atoms with Crippen molar-refractivity contribution in [2.24, 2.45) is 0 Å². The second kappa shape index (κ2) is 5.32. The molecule has 2 rings (SSSR count). The summed E-state index contributed by atoms with van der Waals surface area (Å²) in [5.41, 5.74) is 5.30. The number of nitrogen functional groups attached to an aromatic ring is 1. The fraction of sp³-hybridized carbons (Fsp3) is 0.0769. The topological polar surface area (TPSA) is 38.0 Å². The summed E-state index contributed by atoms with van der Waals surface area (Å²) in [6.45, 7) is 0. The third-order valence-corrected chi connectivity index (χ3v) is 3.17. The average Bonchev–Trinajstić information content (AvgIpc) is 2.29. The Morgan fingerprint density at radius 1 is 1.00 bits per heavy atom. The van der Waals surface area contributed by atoms with Gasteiger partial charge in [0.2, 0.25) is 0 Å². The number of alkyl halides is 3. The Kier molecular flexibility index (Phi) is 3.89. The highest BCUT2D eigenvalue weighted by molar-refractivity contribution is 9.10. The first kappa shape index (κ1) is 14.6. The largest absolute Gasteiger partial charge is 0.417 e. The van der Waals surface area contributed by atoms with Crippen LogP contribution in [0.2, 0.25) is 0 Å². The lowest BCUT2D eigenvalue weighted by Crippen LogP contribution is -2.06. The Hall–Kier alpha value is -1.76. The van der Waals surface area contributed by atoms with Gasteiger partial charge in [-0.15, -0.1) is 0 Å². The second-order valence-electron chi connectivity index (χ2n) is 4.09. The van der Waals surface area contributed by atoms with Crippen LogP contribution in [-0.2, 0) is 6.18 Å². The van der Waals surface area contributed by atoms with Gasteiger partial charge in [0, 0.05) is 21.5 Å². The van der Waals surface area contributed by atoms with Gasteiger partial charge in [0.25, 0.3) is 0 Å². The van der Waals surface area contributed by atoms with Gasteiger partial charge in [-0.1, -0.05) is 15.9 Å². The molecule has 0 saturated carbocycles. The smallest absolute Gasteiger partial charge is 0.399 e. The third-order valence-electron chi connectivity index (χ3n) is 2.48. The molecule has 0 bridgehead atoms. The van der Waals surface area contributed by atoms with Crippen LogP contribution in [0.25, 0.3) is 0 Å². The molecule has 2 aromatic rings. The van der Waals surface area contributed by atoms with Crippen LogP contribution < -0.4 is 11.1 Å². The first-order chi connectivity index (χ1) is 9.25. The lowest BCUT2D eigenvalue weighted by atomic mass is 10.2. The van der Waals surface area contributed by atoms with Crippen molar-refractivity contribution in [3.8, 4) is 0 Å². The monoisotopic (exact) mass is 348 g/mol. The van der Waals surface area contributed by atoms with E-state index in [-0.39, 0.29) is 21.5 Å². The van der Waals surface area contributed by atoms with Crippen molar-refractivity contribution >= 4 is 33.0 Å². The minimum absolute atomic E-state index is 0.0608. The fourth-order valence-corrected chi connectivity index (χ4v) is 2.14. The Bertz CT molecular complexity index is 621. The summed E-state index contributed by atoms with van der Waals surface area (Å²) in [5, 5.41) is 2.68. The molecule has 2 aromatic carbocycles. The van der Waals surface area contributed by atoms with Crippen LogP contribution in [0.5, 0.6) is 0 Å². The van der Waals surface area contributed by atoms with E-state index in [0.717, 1.165) is 18.2 Å². The van der Waals surface area contributed by atoms with Crippen molar-refractivity contribution in [3.05, 3.63) is 52.3 Å². The van der Waals surface area contributed by atoms with Gasteiger partial charge in [0.05, 0.1) is 5.56 Å². The van der Waals surface area contributed by atoms with Gasteiger partial charge < -0.3 is 11.1 Å². The molecule has 0 fully saturated rings. The van der Waals surface area contributed by atoms with Gasteiger partial charge in [-0.3, -0.25) is 0 Å². The maximum absolute atomic E-state index is 13.2. The minimum Gasteiger partial charge on any atom is -0.399 e. The first-order valence-corrected chi connectivity index (χ1v) is 6.25. The maximum atomic E-state index is 13.2. The molecule has 0 aliphatic heterocycles. The van der Waals surface area contributed by atoms with Crippen LogP contribution in [0.4, 0.5) is 34.6 Å². The Labute approximate surface area is 120 Å². The Balaban J connectivity index is 2.35. The molecule has 3 N–H and O–H groups in total. The lowest BCUT2D eigenvalue weighted by Gasteiger charge is -2.13. The molecule has 0 aliphatic carbocycles. The zero-order valence-corrected chi connectivity index (χ0v) is 11.5. The summed E-state index contributed by atoms with van der Waals surface area (Å²) >= 11 is 2.85. The SMILES string of the molecule is Nc1cc(F)cc(Nc2ccc(Br)c(C(F)(F)F)c2)c1. The summed E-state index contributed by atoms with van der Waals surface area (Å²) in [6, 6.07) is 7.34. The zero-order chi connectivity index (χ0) is 14.9. The molecule has 0 aromatic heterocycles. The number of rotatable bonds is 2. The fourth-order valence-electron chi connectivity index (χ4n) is 1.67. The van der Waals surface area contributed by atoms with Crippen molar-refractivity contribution in [2.45, 2.75) is 6.18 Å². The number of hydrogen-bond acceptors (Lipinski definition) is 2. The van der Waals surface area contributed by atoms with E-state index in [1.54, 1.807) is 0 Å². The van der Waals surface area contributed by atoms with E-state index in [1.807, 2.05) is 0 Å². The number of nitrogens with one attached hydrogen (secondary N) is 1. The van der Waals surface area contributed by atoms with Crippen LogP contribution in [0.3, 0.4) is 0 Å².